The number of hydrogen-bond acceptors (Lipinski definition) is 8. The number of hydrogen-bond donors (Lipinski definition) is 2. The van der Waals surface area contributed by atoms with Crippen LogP contribution >= 0.6 is 12.2 Å². The summed E-state index contributed by atoms with van der Waals surface area (Å²) in [5.41, 5.74) is 0.277. The summed E-state index contributed by atoms with van der Waals surface area (Å²) in [6, 6.07) is 12.9. The number of rotatable bonds is 7. The number of benzene rings is 2. The number of nitrogens with zero attached hydrogens (tertiary/aromatic N) is 4. The number of non-ortho nitro benzene ring substituents is 1. The van der Waals surface area contributed by atoms with Crippen LogP contribution in [-0.4, -0.2) is 53.8 Å². The highest BCUT2D eigenvalue weighted by molar-refractivity contribution is 7.80. The van der Waals surface area contributed by atoms with Crippen LogP contribution in [0, 0.1) is 27.3 Å². The lowest BCUT2D eigenvalue weighted by Crippen LogP contribution is -2.48. The molecule has 0 aromatic heterocycles. The summed E-state index contributed by atoms with van der Waals surface area (Å²) in [5.74, 6) is -0.479. The van der Waals surface area contributed by atoms with Gasteiger partial charge in [-0.2, -0.15) is 5.26 Å². The van der Waals surface area contributed by atoms with E-state index in [1.54, 1.807) is 31.2 Å². The second-order valence-corrected chi connectivity index (χ2v) is 9.41. The normalized spacial score (nSPS) is 18.8. The van der Waals surface area contributed by atoms with E-state index in [1.165, 1.54) is 23.1 Å². The molecule has 12 heteroatoms. The van der Waals surface area contributed by atoms with Crippen molar-refractivity contribution in [3.63, 3.8) is 0 Å². The van der Waals surface area contributed by atoms with E-state index >= 15 is 4.39 Å². The first-order valence-electron chi connectivity index (χ1n) is 11.4. The van der Waals surface area contributed by atoms with E-state index in [1.807, 2.05) is 4.90 Å². The van der Waals surface area contributed by atoms with Crippen LogP contribution in [-0.2, 0) is 4.74 Å². The molecule has 2 heterocycles. The number of ether oxygens (including phenoxy) is 1. The van der Waals surface area contributed by atoms with E-state index in [2.05, 4.69) is 16.7 Å². The Labute approximate surface area is 212 Å². The van der Waals surface area contributed by atoms with Crippen LogP contribution < -0.4 is 20.4 Å². The smallest absolute Gasteiger partial charge is 0.414 e. The second kappa shape index (κ2) is 10.3. The number of halogens is 1. The predicted molar refractivity (Wildman–Crippen MR) is 137 cm³/mol. The fourth-order valence-electron chi connectivity index (χ4n) is 4.38. The van der Waals surface area contributed by atoms with Crippen molar-refractivity contribution in [3.8, 4) is 6.07 Å². The Kier molecular flexibility index (Phi) is 7.21. The number of cyclic esters (lactones) is 1. The fraction of sp³-hybridized carbons (Fsp3) is 0.375. The number of nitriles is 1. The van der Waals surface area contributed by atoms with Crippen molar-refractivity contribution < 1.29 is 18.8 Å². The maximum atomic E-state index is 15.1. The van der Waals surface area contributed by atoms with E-state index in [-0.39, 0.29) is 12.2 Å². The van der Waals surface area contributed by atoms with Crippen LogP contribution in [0.25, 0.3) is 0 Å². The number of carbonyl (C=O) groups excluding carboxylic acids is 1. The first-order valence-corrected chi connectivity index (χ1v) is 11.8. The minimum Gasteiger partial charge on any atom is -0.442 e. The zero-order valence-electron chi connectivity index (χ0n) is 19.6. The molecular formula is C24H25FN6O4S. The number of carbonyl (C=O) groups is 1. The van der Waals surface area contributed by atoms with E-state index in [0.717, 1.165) is 0 Å². The minimum atomic E-state index is -0.925. The topological polar surface area (TPSA) is 124 Å². The van der Waals surface area contributed by atoms with Crippen LogP contribution in [0.1, 0.15) is 19.8 Å². The third-order valence-corrected chi connectivity index (χ3v) is 6.45. The Hall–Kier alpha value is -3.98. The number of nitro groups is 1. The predicted octanol–water partition coefficient (Wildman–Crippen LogP) is 3.97. The lowest BCUT2D eigenvalue weighted by Gasteiger charge is -2.39. The molecule has 188 valence electrons. The lowest BCUT2D eigenvalue weighted by atomic mass is 9.88. The summed E-state index contributed by atoms with van der Waals surface area (Å²) >= 11 is 4.98. The van der Waals surface area contributed by atoms with E-state index < -0.39 is 28.5 Å². The standard InChI is InChI=1S/C24H25FN6O4S/c1-16(36)27-13-20-14-30(23(32)35-20)18-5-6-22(21(25)12-18)29-9-7-24(15-26,8-10-29)28-17-3-2-4-19(11-17)31(33)34/h2-6,11-12,20,28H,7-10,13-14H2,1H3,(H,27,36)/t20-/m0/s1. The van der Waals surface area contributed by atoms with Gasteiger partial charge in [0.1, 0.15) is 17.5 Å². The van der Waals surface area contributed by atoms with Gasteiger partial charge in [-0.25, -0.2) is 9.18 Å². The Morgan fingerprint density at radius 2 is 2.08 bits per heavy atom. The molecule has 2 aromatic rings. The SMILES string of the molecule is CC(=S)NC[C@H]1CN(c2ccc(N3CCC(C#N)(Nc4cccc([N+](=O)[O-])c4)CC3)c(F)c2)C(=O)O1. The Bertz CT molecular complexity index is 1230. The maximum Gasteiger partial charge on any atom is 0.414 e. The van der Waals surface area contributed by atoms with Crippen molar-refractivity contribution in [2.24, 2.45) is 0 Å². The molecule has 0 saturated carbocycles. The molecule has 0 bridgehead atoms. The molecule has 0 unspecified atom stereocenters. The number of nitro benzene ring substituents is 1. The monoisotopic (exact) mass is 512 g/mol. The molecule has 0 radical (unpaired) electrons. The average molecular weight is 513 g/mol. The fourth-order valence-corrected chi connectivity index (χ4v) is 4.47. The molecular weight excluding hydrogens is 487 g/mol. The summed E-state index contributed by atoms with van der Waals surface area (Å²) in [5, 5.41) is 27.0. The largest absolute Gasteiger partial charge is 0.442 e. The molecule has 2 fully saturated rings. The molecule has 10 nitrogen and oxygen atoms in total. The highest BCUT2D eigenvalue weighted by atomic mass is 32.1. The van der Waals surface area contributed by atoms with Gasteiger partial charge in [0, 0.05) is 43.8 Å². The molecule has 36 heavy (non-hydrogen) atoms. The van der Waals surface area contributed by atoms with Crippen molar-refractivity contribution in [1.29, 1.82) is 5.26 Å². The molecule has 0 spiro atoms. The second-order valence-electron chi connectivity index (χ2n) is 8.80. The van der Waals surface area contributed by atoms with Gasteiger partial charge in [-0.15, -0.1) is 0 Å². The van der Waals surface area contributed by atoms with Crippen LogP contribution in [0.2, 0.25) is 0 Å². The molecule has 2 saturated heterocycles. The molecule has 2 aliphatic heterocycles. The first kappa shape index (κ1) is 25.1. The van der Waals surface area contributed by atoms with Crippen molar-refractivity contribution in [2.45, 2.75) is 31.4 Å². The number of piperidine rings is 1. The molecule has 2 aromatic carbocycles. The van der Waals surface area contributed by atoms with Crippen LogP contribution in [0.15, 0.2) is 42.5 Å². The summed E-state index contributed by atoms with van der Waals surface area (Å²) in [6.45, 7) is 3.22. The van der Waals surface area contributed by atoms with E-state index in [9.17, 15) is 20.2 Å². The molecule has 2 N–H and O–H groups in total. The minimum absolute atomic E-state index is 0.0639. The zero-order chi connectivity index (χ0) is 25.9. The Morgan fingerprint density at radius 3 is 2.72 bits per heavy atom. The van der Waals surface area contributed by atoms with Crippen molar-refractivity contribution in [3.05, 3.63) is 58.4 Å². The summed E-state index contributed by atoms with van der Waals surface area (Å²) < 4.78 is 20.4. The third kappa shape index (κ3) is 5.46. The van der Waals surface area contributed by atoms with Gasteiger partial charge in [0.25, 0.3) is 5.69 Å². The molecule has 1 amide bonds. The highest BCUT2D eigenvalue weighted by Crippen LogP contribution is 2.33. The van der Waals surface area contributed by atoms with Gasteiger partial charge in [-0.1, -0.05) is 18.3 Å². The van der Waals surface area contributed by atoms with E-state index in [0.29, 0.717) is 54.5 Å². The lowest BCUT2D eigenvalue weighted by molar-refractivity contribution is -0.384. The van der Waals surface area contributed by atoms with Gasteiger partial charge in [-0.05, 0) is 31.2 Å². The molecule has 2 aliphatic rings. The first-order chi connectivity index (χ1) is 17.2. The number of anilines is 3. The quantitative estimate of drug-likeness (QED) is 0.322. The van der Waals surface area contributed by atoms with Crippen LogP contribution in [0.5, 0.6) is 0 Å². The summed E-state index contributed by atoms with van der Waals surface area (Å²) in [4.78, 5) is 26.7. The molecule has 1 atom stereocenters. The van der Waals surface area contributed by atoms with Gasteiger partial charge in [0.05, 0.1) is 40.4 Å². The zero-order valence-corrected chi connectivity index (χ0v) is 20.4. The summed E-state index contributed by atoms with van der Waals surface area (Å²) in [6.07, 6.45) is -0.155. The third-order valence-electron chi connectivity index (χ3n) is 6.31. The van der Waals surface area contributed by atoms with Crippen molar-refractivity contribution in [1.82, 2.24) is 5.32 Å². The Morgan fingerprint density at radius 1 is 1.33 bits per heavy atom. The maximum absolute atomic E-state index is 15.1. The average Bonchev–Trinajstić information content (AvgIpc) is 3.24. The summed E-state index contributed by atoms with van der Waals surface area (Å²) in [7, 11) is 0. The van der Waals surface area contributed by atoms with Gasteiger partial charge in [-0.3, -0.25) is 15.0 Å². The van der Waals surface area contributed by atoms with Crippen molar-refractivity contribution >= 4 is 46.0 Å². The Balaban J connectivity index is 1.41. The van der Waals surface area contributed by atoms with E-state index in [4.69, 9.17) is 17.0 Å². The van der Waals surface area contributed by atoms with Crippen LogP contribution in [0.4, 0.5) is 31.9 Å². The van der Waals surface area contributed by atoms with Crippen molar-refractivity contribution in [2.75, 3.05) is 41.3 Å². The van der Waals surface area contributed by atoms with Gasteiger partial charge >= 0.3 is 6.09 Å². The number of thiocarbonyl (C=S) groups is 1. The molecule has 0 aliphatic carbocycles. The van der Waals surface area contributed by atoms with Gasteiger partial charge < -0.3 is 20.3 Å². The number of amides is 1. The number of nitrogens with one attached hydrogen (secondary N) is 2. The highest BCUT2D eigenvalue weighted by Gasteiger charge is 2.36. The van der Waals surface area contributed by atoms with Gasteiger partial charge in [0.15, 0.2) is 0 Å². The molecule has 4 rings (SSSR count). The van der Waals surface area contributed by atoms with Crippen LogP contribution in [0.3, 0.4) is 0 Å². The van der Waals surface area contributed by atoms with Gasteiger partial charge in [0.2, 0.25) is 0 Å².